The van der Waals surface area contributed by atoms with Gasteiger partial charge in [0.05, 0.1) is 7.11 Å². The second-order valence-electron chi connectivity index (χ2n) is 5.40. The van der Waals surface area contributed by atoms with E-state index in [0.717, 1.165) is 36.8 Å². The molecule has 2 N–H and O–H groups in total. The van der Waals surface area contributed by atoms with Crippen LogP contribution in [0.4, 0.5) is 0 Å². The number of likely N-dealkylation sites (N-methyl/N-ethyl adjacent to an activating group) is 1. The van der Waals surface area contributed by atoms with Gasteiger partial charge in [-0.1, -0.05) is 25.1 Å². The van der Waals surface area contributed by atoms with E-state index in [2.05, 4.69) is 47.5 Å². The number of halogens is 1. The molecule has 0 spiro atoms. The Labute approximate surface area is 157 Å². The van der Waals surface area contributed by atoms with Crippen LogP contribution in [0.5, 0.6) is 5.75 Å². The normalized spacial score (nSPS) is 12.5. The van der Waals surface area contributed by atoms with Gasteiger partial charge < -0.3 is 20.3 Å². The Hall–Kier alpha value is -1.02. The SMILES string of the molecule is CCC(C)N(C)CCNC(=NC)NCc1ccccc1OC.I. The van der Waals surface area contributed by atoms with Crippen molar-refractivity contribution in [3.8, 4) is 5.75 Å². The summed E-state index contributed by atoms with van der Waals surface area (Å²) >= 11 is 0. The number of guanidine groups is 1. The van der Waals surface area contributed by atoms with E-state index in [-0.39, 0.29) is 24.0 Å². The van der Waals surface area contributed by atoms with Gasteiger partial charge in [0.2, 0.25) is 0 Å². The molecule has 0 fully saturated rings. The molecule has 0 aliphatic heterocycles. The Balaban J connectivity index is 0.00000484. The summed E-state index contributed by atoms with van der Waals surface area (Å²) in [7, 11) is 5.63. The first-order chi connectivity index (χ1) is 10.6. The number of benzene rings is 1. The van der Waals surface area contributed by atoms with E-state index in [1.165, 1.54) is 0 Å². The van der Waals surface area contributed by atoms with Gasteiger partial charge in [-0.15, -0.1) is 24.0 Å². The predicted molar refractivity (Wildman–Crippen MR) is 109 cm³/mol. The van der Waals surface area contributed by atoms with E-state index in [1.54, 1.807) is 14.2 Å². The molecule has 1 atom stereocenters. The number of nitrogens with zero attached hydrogens (tertiary/aromatic N) is 2. The van der Waals surface area contributed by atoms with E-state index in [0.29, 0.717) is 12.6 Å². The molecule has 0 saturated heterocycles. The van der Waals surface area contributed by atoms with Crippen molar-refractivity contribution in [2.24, 2.45) is 4.99 Å². The van der Waals surface area contributed by atoms with E-state index in [9.17, 15) is 0 Å². The van der Waals surface area contributed by atoms with Gasteiger partial charge >= 0.3 is 0 Å². The molecule has 0 bridgehead atoms. The third-order valence-electron chi connectivity index (χ3n) is 3.96. The van der Waals surface area contributed by atoms with Crippen LogP contribution in [0.15, 0.2) is 29.3 Å². The standard InChI is InChI=1S/C17H30N4O.HI/c1-6-14(2)21(4)12-11-19-17(18-3)20-13-15-9-7-8-10-16(15)22-5;/h7-10,14H,6,11-13H2,1-5H3,(H2,18,19,20);1H. The average molecular weight is 434 g/mol. The fourth-order valence-electron chi connectivity index (χ4n) is 2.13. The molecule has 0 heterocycles. The number of hydrogen-bond acceptors (Lipinski definition) is 3. The third kappa shape index (κ3) is 7.87. The molecule has 5 nitrogen and oxygen atoms in total. The monoisotopic (exact) mass is 434 g/mol. The van der Waals surface area contributed by atoms with Crippen LogP contribution >= 0.6 is 24.0 Å². The minimum atomic E-state index is 0. The fourth-order valence-corrected chi connectivity index (χ4v) is 2.13. The van der Waals surface area contributed by atoms with Crippen molar-refractivity contribution in [2.75, 3.05) is 34.3 Å². The highest BCUT2D eigenvalue weighted by Crippen LogP contribution is 2.16. The van der Waals surface area contributed by atoms with Crippen LogP contribution in [-0.2, 0) is 6.54 Å². The molecule has 1 rings (SSSR count). The molecule has 1 unspecified atom stereocenters. The maximum absolute atomic E-state index is 5.36. The lowest BCUT2D eigenvalue weighted by Crippen LogP contribution is -2.42. The van der Waals surface area contributed by atoms with Crippen molar-refractivity contribution < 1.29 is 4.74 Å². The topological polar surface area (TPSA) is 48.9 Å². The summed E-state index contributed by atoms with van der Waals surface area (Å²) in [5.41, 5.74) is 1.12. The zero-order valence-corrected chi connectivity index (χ0v) is 17.3. The summed E-state index contributed by atoms with van der Waals surface area (Å²) in [6.45, 7) is 7.00. The number of aliphatic imine (C=N–C) groups is 1. The summed E-state index contributed by atoms with van der Waals surface area (Å²) in [5, 5.41) is 6.66. The molecular weight excluding hydrogens is 403 g/mol. The molecule has 1 aromatic carbocycles. The van der Waals surface area contributed by atoms with E-state index in [1.807, 2.05) is 18.2 Å². The molecule has 23 heavy (non-hydrogen) atoms. The van der Waals surface area contributed by atoms with Gasteiger partial charge in [0, 0.05) is 38.3 Å². The average Bonchev–Trinajstić information content (AvgIpc) is 2.57. The molecule has 0 aliphatic rings. The number of methoxy groups -OCH3 is 1. The summed E-state index contributed by atoms with van der Waals surface area (Å²) < 4.78 is 5.36. The molecule has 0 amide bonds. The fraction of sp³-hybridized carbons (Fsp3) is 0.588. The zero-order valence-electron chi connectivity index (χ0n) is 14.9. The van der Waals surface area contributed by atoms with E-state index < -0.39 is 0 Å². The molecule has 1 aromatic rings. The molecule has 0 radical (unpaired) electrons. The van der Waals surface area contributed by atoms with Gasteiger partial charge in [-0.05, 0) is 26.5 Å². The maximum atomic E-state index is 5.36. The highest BCUT2D eigenvalue weighted by molar-refractivity contribution is 14.0. The summed E-state index contributed by atoms with van der Waals surface area (Å²) in [4.78, 5) is 6.60. The van der Waals surface area contributed by atoms with E-state index >= 15 is 0 Å². The Morgan fingerprint density at radius 2 is 2.00 bits per heavy atom. The smallest absolute Gasteiger partial charge is 0.191 e. The highest BCUT2D eigenvalue weighted by atomic mass is 127. The Morgan fingerprint density at radius 1 is 1.30 bits per heavy atom. The number of rotatable bonds is 8. The number of nitrogens with one attached hydrogen (secondary N) is 2. The first kappa shape index (κ1) is 22.0. The summed E-state index contributed by atoms with van der Waals surface area (Å²) in [5.74, 6) is 1.70. The first-order valence-electron chi connectivity index (χ1n) is 7.89. The lowest BCUT2D eigenvalue weighted by molar-refractivity contribution is 0.255. The van der Waals surface area contributed by atoms with Gasteiger partial charge in [0.1, 0.15) is 5.75 Å². The Bertz CT molecular complexity index is 468. The molecular formula is C17H31IN4O. The van der Waals surface area contributed by atoms with Gasteiger partial charge in [-0.3, -0.25) is 4.99 Å². The third-order valence-corrected chi connectivity index (χ3v) is 3.96. The molecule has 132 valence electrons. The number of para-hydroxylation sites is 1. The largest absolute Gasteiger partial charge is 0.496 e. The quantitative estimate of drug-likeness (QED) is 0.375. The van der Waals surface area contributed by atoms with Gasteiger partial charge in [-0.25, -0.2) is 0 Å². The van der Waals surface area contributed by atoms with Crippen molar-refractivity contribution in [3.05, 3.63) is 29.8 Å². The summed E-state index contributed by atoms with van der Waals surface area (Å²) in [6.07, 6.45) is 1.16. The first-order valence-corrected chi connectivity index (χ1v) is 7.89. The summed E-state index contributed by atoms with van der Waals surface area (Å²) in [6, 6.07) is 8.60. The van der Waals surface area contributed by atoms with Crippen LogP contribution in [-0.4, -0.2) is 51.2 Å². The second-order valence-corrected chi connectivity index (χ2v) is 5.40. The number of hydrogen-bond donors (Lipinski definition) is 2. The zero-order chi connectivity index (χ0) is 16.4. The maximum Gasteiger partial charge on any atom is 0.191 e. The molecule has 6 heteroatoms. The Morgan fingerprint density at radius 3 is 2.61 bits per heavy atom. The van der Waals surface area contributed by atoms with Crippen LogP contribution in [0, 0.1) is 0 Å². The minimum absolute atomic E-state index is 0. The van der Waals surface area contributed by atoms with Crippen molar-refractivity contribution in [3.63, 3.8) is 0 Å². The molecule has 0 aromatic heterocycles. The molecule has 0 aliphatic carbocycles. The van der Waals surface area contributed by atoms with Crippen molar-refractivity contribution in [1.82, 2.24) is 15.5 Å². The van der Waals surface area contributed by atoms with Crippen molar-refractivity contribution in [2.45, 2.75) is 32.9 Å². The van der Waals surface area contributed by atoms with Crippen molar-refractivity contribution in [1.29, 1.82) is 0 Å². The van der Waals surface area contributed by atoms with Crippen LogP contribution in [0.3, 0.4) is 0 Å². The molecule has 0 saturated carbocycles. The van der Waals surface area contributed by atoms with Gasteiger partial charge in [0.15, 0.2) is 5.96 Å². The van der Waals surface area contributed by atoms with Crippen LogP contribution < -0.4 is 15.4 Å². The Kier molecular flexibility index (Phi) is 11.9. The van der Waals surface area contributed by atoms with Crippen molar-refractivity contribution >= 4 is 29.9 Å². The van der Waals surface area contributed by atoms with Gasteiger partial charge in [0.25, 0.3) is 0 Å². The highest BCUT2D eigenvalue weighted by Gasteiger charge is 2.07. The van der Waals surface area contributed by atoms with Crippen LogP contribution in [0.25, 0.3) is 0 Å². The van der Waals surface area contributed by atoms with Gasteiger partial charge in [-0.2, -0.15) is 0 Å². The lowest BCUT2D eigenvalue weighted by atomic mass is 10.2. The predicted octanol–water partition coefficient (Wildman–Crippen LogP) is 2.71. The van der Waals surface area contributed by atoms with Crippen LogP contribution in [0.2, 0.25) is 0 Å². The van der Waals surface area contributed by atoms with Crippen LogP contribution in [0.1, 0.15) is 25.8 Å². The van der Waals surface area contributed by atoms with E-state index in [4.69, 9.17) is 4.74 Å². The lowest BCUT2D eigenvalue weighted by Gasteiger charge is -2.24. The second kappa shape index (κ2) is 12.4. The minimum Gasteiger partial charge on any atom is -0.496 e. The number of ether oxygens (including phenoxy) is 1.